The molecule has 3 atom stereocenters. The van der Waals surface area contributed by atoms with Crippen LogP contribution in [-0.2, 0) is 4.79 Å². The summed E-state index contributed by atoms with van der Waals surface area (Å²) < 4.78 is 16.3. The van der Waals surface area contributed by atoms with Crippen LogP contribution in [0.5, 0.6) is 17.2 Å². The Hall–Kier alpha value is -3.42. The van der Waals surface area contributed by atoms with Gasteiger partial charge >= 0.3 is 12.0 Å². The van der Waals surface area contributed by atoms with Gasteiger partial charge in [0.15, 0.2) is 11.5 Å². The van der Waals surface area contributed by atoms with Gasteiger partial charge in [-0.1, -0.05) is 44.9 Å². The van der Waals surface area contributed by atoms with Gasteiger partial charge in [-0.15, -0.1) is 0 Å². The molecule has 8 nitrogen and oxygen atoms in total. The molecule has 0 aromatic heterocycles. The number of ether oxygens (including phenoxy) is 3. The van der Waals surface area contributed by atoms with Gasteiger partial charge in [0.05, 0.1) is 19.1 Å². The first-order chi connectivity index (χ1) is 17.5. The zero-order valence-electron chi connectivity index (χ0n) is 21.3. The number of nitrogens with zero attached hydrogens (tertiary/aromatic N) is 2. The molecule has 36 heavy (non-hydrogen) atoms. The van der Waals surface area contributed by atoms with Crippen LogP contribution in [0.15, 0.2) is 42.5 Å². The average molecular weight is 497 g/mol. The number of carboxylic acids is 1. The molecule has 0 unspecified atom stereocenters. The van der Waals surface area contributed by atoms with Gasteiger partial charge < -0.3 is 29.1 Å². The molecular formula is C28H36N2O6. The number of fused-ring (bicyclic) bond motifs is 1. The normalized spacial score (nSPS) is 20.4. The molecule has 0 radical (unpaired) electrons. The van der Waals surface area contributed by atoms with Crippen molar-refractivity contribution in [2.75, 3.05) is 33.5 Å². The fourth-order valence-electron chi connectivity index (χ4n) is 5.18. The van der Waals surface area contributed by atoms with Gasteiger partial charge in [0.25, 0.3) is 0 Å². The lowest BCUT2D eigenvalue weighted by atomic mass is 9.83. The van der Waals surface area contributed by atoms with Gasteiger partial charge in [0.2, 0.25) is 6.79 Å². The van der Waals surface area contributed by atoms with Crippen molar-refractivity contribution in [3.63, 3.8) is 0 Å². The number of aliphatic carboxylic acids is 1. The number of rotatable bonds is 10. The molecule has 194 valence electrons. The second-order valence-electron chi connectivity index (χ2n) is 9.43. The highest BCUT2D eigenvalue weighted by Gasteiger charge is 2.50. The lowest BCUT2D eigenvalue weighted by molar-refractivity contribution is -0.143. The number of amides is 2. The Balaban J connectivity index is 1.74. The Labute approximate surface area is 212 Å². The number of benzene rings is 2. The third-order valence-corrected chi connectivity index (χ3v) is 7.15. The van der Waals surface area contributed by atoms with Crippen molar-refractivity contribution in [1.82, 2.24) is 9.80 Å². The maximum absolute atomic E-state index is 14.0. The minimum atomic E-state index is -0.928. The van der Waals surface area contributed by atoms with Gasteiger partial charge in [0.1, 0.15) is 5.75 Å². The summed E-state index contributed by atoms with van der Waals surface area (Å²) in [5, 5.41) is 10.5. The van der Waals surface area contributed by atoms with Crippen LogP contribution in [0.25, 0.3) is 0 Å². The SMILES string of the molecule is CCCCN(CCCC)C(=O)N1C[C@@H](c2ccc3c(c2)OCO3)[C@H](C(=O)O)[C@H]1c1ccc(OC)cc1. The third kappa shape index (κ3) is 5.22. The number of hydrogen-bond acceptors (Lipinski definition) is 5. The maximum Gasteiger partial charge on any atom is 0.320 e. The second kappa shape index (κ2) is 11.5. The van der Waals surface area contributed by atoms with E-state index in [9.17, 15) is 14.7 Å². The molecule has 2 amide bonds. The smallest absolute Gasteiger partial charge is 0.320 e. The van der Waals surface area contributed by atoms with Crippen LogP contribution in [0, 0.1) is 5.92 Å². The predicted molar refractivity (Wildman–Crippen MR) is 136 cm³/mol. The molecule has 8 heteroatoms. The third-order valence-electron chi connectivity index (χ3n) is 7.15. The van der Waals surface area contributed by atoms with Gasteiger partial charge in [-0.2, -0.15) is 0 Å². The van der Waals surface area contributed by atoms with Gasteiger partial charge in [-0.25, -0.2) is 4.79 Å². The van der Waals surface area contributed by atoms with Crippen molar-refractivity contribution in [2.24, 2.45) is 5.92 Å². The van der Waals surface area contributed by atoms with Crippen LogP contribution in [-0.4, -0.2) is 60.4 Å². The van der Waals surface area contributed by atoms with Crippen molar-refractivity contribution >= 4 is 12.0 Å². The first-order valence-electron chi connectivity index (χ1n) is 12.8. The lowest BCUT2D eigenvalue weighted by Gasteiger charge is -2.33. The molecular weight excluding hydrogens is 460 g/mol. The van der Waals surface area contributed by atoms with E-state index in [2.05, 4.69) is 13.8 Å². The Morgan fingerprint density at radius 2 is 1.64 bits per heavy atom. The average Bonchev–Trinajstić information content (AvgIpc) is 3.53. The van der Waals surface area contributed by atoms with Gasteiger partial charge in [-0.05, 0) is 48.2 Å². The van der Waals surface area contributed by atoms with E-state index in [0.717, 1.165) is 36.8 Å². The van der Waals surface area contributed by atoms with E-state index in [4.69, 9.17) is 14.2 Å². The molecule has 2 heterocycles. The molecule has 1 N–H and O–H groups in total. The van der Waals surface area contributed by atoms with E-state index in [1.807, 2.05) is 47.4 Å². The molecule has 1 fully saturated rings. The maximum atomic E-state index is 14.0. The van der Waals surface area contributed by atoms with E-state index in [1.165, 1.54) is 0 Å². The fourth-order valence-corrected chi connectivity index (χ4v) is 5.18. The minimum Gasteiger partial charge on any atom is -0.497 e. The standard InChI is InChI=1S/C28H36N2O6/c1-4-6-14-29(15-7-5-2)28(33)30-17-22(20-10-13-23-24(16-20)36-18-35-23)25(27(31)32)26(30)19-8-11-21(34-3)12-9-19/h8-13,16,22,25-26H,4-7,14-15,17-18H2,1-3H3,(H,31,32)/t22-,25-,26+/m0/s1. The largest absolute Gasteiger partial charge is 0.497 e. The molecule has 2 aromatic rings. The van der Waals surface area contributed by atoms with E-state index >= 15 is 0 Å². The van der Waals surface area contributed by atoms with Crippen LogP contribution in [0.2, 0.25) is 0 Å². The summed E-state index contributed by atoms with van der Waals surface area (Å²) >= 11 is 0. The van der Waals surface area contributed by atoms with Crippen LogP contribution < -0.4 is 14.2 Å². The summed E-state index contributed by atoms with van der Waals surface area (Å²) in [5.41, 5.74) is 1.61. The van der Waals surface area contributed by atoms with Crippen molar-refractivity contribution in [2.45, 2.75) is 51.5 Å². The first-order valence-corrected chi connectivity index (χ1v) is 12.8. The number of unbranched alkanes of at least 4 members (excludes halogenated alkanes) is 2. The van der Waals surface area contributed by atoms with E-state index < -0.39 is 23.8 Å². The predicted octanol–water partition coefficient (Wildman–Crippen LogP) is 5.29. The molecule has 4 rings (SSSR count). The molecule has 0 bridgehead atoms. The molecule has 2 aliphatic heterocycles. The number of carbonyl (C=O) groups excluding carboxylic acids is 1. The highest BCUT2D eigenvalue weighted by atomic mass is 16.7. The van der Waals surface area contributed by atoms with Crippen LogP contribution in [0.4, 0.5) is 4.79 Å². The van der Waals surface area contributed by atoms with E-state index in [1.54, 1.807) is 12.0 Å². The summed E-state index contributed by atoms with van der Waals surface area (Å²) in [7, 11) is 1.59. The van der Waals surface area contributed by atoms with Crippen LogP contribution in [0.1, 0.15) is 62.6 Å². The van der Waals surface area contributed by atoms with Crippen molar-refractivity contribution < 1.29 is 28.9 Å². The van der Waals surface area contributed by atoms with Gasteiger partial charge in [0, 0.05) is 25.6 Å². The molecule has 0 aliphatic carbocycles. The van der Waals surface area contributed by atoms with Crippen LogP contribution in [0.3, 0.4) is 0 Å². The Kier molecular flexibility index (Phi) is 8.23. The van der Waals surface area contributed by atoms with Crippen molar-refractivity contribution in [1.29, 1.82) is 0 Å². The van der Waals surface area contributed by atoms with E-state index in [0.29, 0.717) is 36.9 Å². The highest BCUT2D eigenvalue weighted by molar-refractivity contribution is 5.80. The number of likely N-dealkylation sites (tertiary alicyclic amines) is 1. The number of carboxylic acid groups (broad SMARTS) is 1. The minimum absolute atomic E-state index is 0.104. The molecule has 1 saturated heterocycles. The monoisotopic (exact) mass is 496 g/mol. The molecule has 2 aliphatic rings. The second-order valence-corrected chi connectivity index (χ2v) is 9.43. The lowest BCUT2D eigenvalue weighted by Crippen LogP contribution is -2.44. The molecule has 2 aromatic carbocycles. The van der Waals surface area contributed by atoms with E-state index in [-0.39, 0.29) is 12.8 Å². The highest BCUT2D eigenvalue weighted by Crippen LogP contribution is 2.48. The first kappa shape index (κ1) is 25.7. The zero-order valence-corrected chi connectivity index (χ0v) is 21.3. The summed E-state index contributed by atoms with van der Waals surface area (Å²) in [6.07, 6.45) is 3.78. The quantitative estimate of drug-likeness (QED) is 0.481. The Morgan fingerprint density at radius 3 is 2.25 bits per heavy atom. The van der Waals surface area contributed by atoms with Crippen LogP contribution >= 0.6 is 0 Å². The van der Waals surface area contributed by atoms with Gasteiger partial charge in [-0.3, -0.25) is 4.79 Å². The Morgan fingerprint density at radius 1 is 1.00 bits per heavy atom. The van der Waals surface area contributed by atoms with Crippen molar-refractivity contribution in [3.05, 3.63) is 53.6 Å². The topological polar surface area (TPSA) is 88.5 Å². The molecule has 0 saturated carbocycles. The van der Waals surface area contributed by atoms with Crippen molar-refractivity contribution in [3.8, 4) is 17.2 Å². The molecule has 0 spiro atoms. The summed E-state index contributed by atoms with van der Waals surface area (Å²) in [6, 6.07) is 12.2. The number of carbonyl (C=O) groups is 2. The fraction of sp³-hybridized carbons (Fsp3) is 0.500. The zero-order chi connectivity index (χ0) is 25.7. The summed E-state index contributed by atoms with van der Waals surface area (Å²) in [5.74, 6) is -0.207. The number of hydrogen-bond donors (Lipinski definition) is 1. The summed E-state index contributed by atoms with van der Waals surface area (Å²) in [4.78, 5) is 30.4. The summed E-state index contributed by atoms with van der Waals surface area (Å²) in [6.45, 7) is 5.99. The number of urea groups is 1. The Bertz CT molecular complexity index is 1050. The number of methoxy groups -OCH3 is 1.